The van der Waals surface area contributed by atoms with Crippen molar-refractivity contribution in [3.8, 4) is 11.3 Å². The molecule has 1 saturated heterocycles. The van der Waals surface area contributed by atoms with Gasteiger partial charge in [0.1, 0.15) is 0 Å². The summed E-state index contributed by atoms with van der Waals surface area (Å²) in [4.78, 5) is 11.7. The minimum atomic E-state index is 0.0287. The van der Waals surface area contributed by atoms with Crippen molar-refractivity contribution in [3.05, 3.63) is 95.7 Å². The molecule has 0 bridgehead atoms. The second kappa shape index (κ2) is 14.9. The Kier molecular flexibility index (Phi) is 11.0. The molecule has 1 aliphatic heterocycles. The molecule has 0 atom stereocenters. The van der Waals surface area contributed by atoms with Crippen molar-refractivity contribution in [3.63, 3.8) is 0 Å². The average molecular weight is 538 g/mol. The van der Waals surface area contributed by atoms with E-state index in [1.54, 1.807) is 0 Å². The van der Waals surface area contributed by atoms with Gasteiger partial charge in [-0.3, -0.25) is 4.79 Å². The molecule has 1 aliphatic carbocycles. The second-order valence-electron chi connectivity index (χ2n) is 11.4. The third kappa shape index (κ3) is 7.63. The number of aromatic nitrogens is 1. The Balaban J connectivity index is 0.000000186. The van der Waals surface area contributed by atoms with E-state index in [9.17, 15) is 4.79 Å². The standard InChI is InChI=1S/C20H23N.C16H24N2O/c1-3-4-6-14-18-17-13-9-10-15-19(17)21(2)20(18)16-11-7-5-8-12-16;1-12(2)16(19)18-15-5-3-4-13(6-7-15)14-8-10-17-11-9-14/h5,7-13,15H,3-4,6,14H2,1-2H3;3-6,12,14,17H,7-11H2,1-2H3,(H,18,19). The largest absolute Gasteiger partial charge is 0.343 e. The number of benzene rings is 2. The number of allylic oxidation sites excluding steroid dienone is 5. The molecule has 0 radical (unpaired) electrons. The Labute approximate surface area is 241 Å². The number of para-hydroxylation sites is 1. The maximum Gasteiger partial charge on any atom is 0.226 e. The molecule has 212 valence electrons. The van der Waals surface area contributed by atoms with Crippen molar-refractivity contribution in [2.45, 2.75) is 65.7 Å². The highest BCUT2D eigenvalue weighted by Gasteiger charge is 2.17. The van der Waals surface area contributed by atoms with Gasteiger partial charge in [-0.05, 0) is 73.5 Å². The molecule has 1 aromatic heterocycles. The molecular weight excluding hydrogens is 490 g/mol. The Morgan fingerprint density at radius 1 is 1.02 bits per heavy atom. The number of nitrogens with one attached hydrogen (secondary N) is 2. The van der Waals surface area contributed by atoms with Crippen LogP contribution in [0.1, 0.15) is 64.9 Å². The van der Waals surface area contributed by atoms with Crippen LogP contribution in [-0.4, -0.2) is 23.6 Å². The summed E-state index contributed by atoms with van der Waals surface area (Å²) in [5.41, 5.74) is 7.97. The average Bonchev–Trinajstić information content (AvgIpc) is 3.10. The number of hydrogen-bond acceptors (Lipinski definition) is 2. The molecular formula is C36H47N3O. The number of nitrogens with zero attached hydrogens (tertiary/aromatic N) is 1. The van der Waals surface area contributed by atoms with E-state index in [0.29, 0.717) is 5.92 Å². The lowest BCUT2D eigenvalue weighted by Crippen LogP contribution is -2.28. The fraction of sp³-hybridized carbons (Fsp3) is 0.417. The van der Waals surface area contributed by atoms with Gasteiger partial charge in [-0.15, -0.1) is 0 Å². The molecule has 2 N–H and O–H groups in total. The Hall–Kier alpha value is -3.37. The van der Waals surface area contributed by atoms with E-state index < -0.39 is 0 Å². The van der Waals surface area contributed by atoms with Gasteiger partial charge >= 0.3 is 0 Å². The number of piperidine rings is 1. The summed E-state index contributed by atoms with van der Waals surface area (Å²) in [6, 6.07) is 19.6. The van der Waals surface area contributed by atoms with Gasteiger partial charge in [0.2, 0.25) is 5.91 Å². The molecule has 0 spiro atoms. The highest BCUT2D eigenvalue weighted by atomic mass is 16.1. The number of amides is 1. The third-order valence-corrected chi connectivity index (χ3v) is 8.05. The molecule has 1 amide bonds. The first-order valence-corrected chi connectivity index (χ1v) is 15.2. The van der Waals surface area contributed by atoms with Crippen molar-refractivity contribution in [1.29, 1.82) is 0 Å². The molecule has 0 saturated carbocycles. The molecule has 2 aliphatic rings. The summed E-state index contributed by atoms with van der Waals surface area (Å²) < 4.78 is 2.35. The fourth-order valence-corrected chi connectivity index (χ4v) is 5.73. The normalized spacial score (nSPS) is 15.7. The predicted octanol–water partition coefficient (Wildman–Crippen LogP) is 8.11. The number of hydrogen-bond donors (Lipinski definition) is 2. The van der Waals surface area contributed by atoms with E-state index in [-0.39, 0.29) is 11.8 Å². The van der Waals surface area contributed by atoms with Crippen LogP contribution in [0.15, 0.2) is 90.2 Å². The van der Waals surface area contributed by atoms with Crippen molar-refractivity contribution in [2.75, 3.05) is 13.1 Å². The highest BCUT2D eigenvalue weighted by Crippen LogP contribution is 2.34. The zero-order chi connectivity index (χ0) is 28.3. The molecule has 3 aromatic rings. The third-order valence-electron chi connectivity index (χ3n) is 8.05. The number of carbonyl (C=O) groups excluding carboxylic acids is 1. The summed E-state index contributed by atoms with van der Waals surface area (Å²) >= 11 is 0. The van der Waals surface area contributed by atoms with Crippen LogP contribution in [0.25, 0.3) is 22.2 Å². The summed E-state index contributed by atoms with van der Waals surface area (Å²) in [7, 11) is 2.19. The van der Waals surface area contributed by atoms with Gasteiger partial charge in [0.05, 0.1) is 5.69 Å². The minimum absolute atomic E-state index is 0.0287. The van der Waals surface area contributed by atoms with Gasteiger partial charge in [-0.2, -0.15) is 0 Å². The minimum Gasteiger partial charge on any atom is -0.343 e. The number of fused-ring (bicyclic) bond motifs is 1. The maximum atomic E-state index is 11.7. The lowest BCUT2D eigenvalue weighted by molar-refractivity contribution is -0.123. The molecule has 5 rings (SSSR count). The summed E-state index contributed by atoms with van der Waals surface area (Å²) in [5, 5.41) is 7.80. The second-order valence-corrected chi connectivity index (χ2v) is 11.4. The molecule has 4 nitrogen and oxygen atoms in total. The lowest BCUT2D eigenvalue weighted by Gasteiger charge is -2.23. The van der Waals surface area contributed by atoms with Crippen LogP contribution in [0.3, 0.4) is 0 Å². The van der Waals surface area contributed by atoms with E-state index in [2.05, 4.69) is 102 Å². The van der Waals surface area contributed by atoms with Gasteiger partial charge in [0.15, 0.2) is 0 Å². The Morgan fingerprint density at radius 2 is 1.75 bits per heavy atom. The van der Waals surface area contributed by atoms with Crippen LogP contribution in [0.2, 0.25) is 0 Å². The van der Waals surface area contributed by atoms with Crippen molar-refractivity contribution in [1.82, 2.24) is 15.2 Å². The fourth-order valence-electron chi connectivity index (χ4n) is 5.73. The first-order chi connectivity index (χ1) is 19.5. The molecule has 2 aromatic carbocycles. The van der Waals surface area contributed by atoms with Crippen molar-refractivity contribution < 1.29 is 4.79 Å². The number of carbonyl (C=O) groups is 1. The topological polar surface area (TPSA) is 46.1 Å². The monoisotopic (exact) mass is 537 g/mol. The maximum absolute atomic E-state index is 11.7. The van der Waals surface area contributed by atoms with E-state index in [1.807, 2.05) is 19.9 Å². The predicted molar refractivity (Wildman–Crippen MR) is 170 cm³/mol. The van der Waals surface area contributed by atoms with Gasteiger partial charge in [-0.25, -0.2) is 0 Å². The van der Waals surface area contributed by atoms with Crippen LogP contribution in [0.4, 0.5) is 0 Å². The van der Waals surface area contributed by atoms with E-state index in [4.69, 9.17) is 0 Å². The zero-order valence-electron chi connectivity index (χ0n) is 24.9. The van der Waals surface area contributed by atoms with Gasteiger partial charge in [0, 0.05) is 36.0 Å². The van der Waals surface area contributed by atoms with Gasteiger partial charge in [-0.1, -0.05) is 100 Å². The van der Waals surface area contributed by atoms with Gasteiger partial charge in [0.25, 0.3) is 0 Å². The van der Waals surface area contributed by atoms with E-state index in [0.717, 1.165) is 25.2 Å². The molecule has 2 heterocycles. The van der Waals surface area contributed by atoms with Gasteiger partial charge < -0.3 is 15.2 Å². The molecule has 0 unspecified atom stereocenters. The first-order valence-electron chi connectivity index (χ1n) is 15.2. The summed E-state index contributed by atoms with van der Waals surface area (Å²) in [6.45, 7) is 8.32. The molecule has 1 fully saturated rings. The summed E-state index contributed by atoms with van der Waals surface area (Å²) in [5.74, 6) is 0.797. The van der Waals surface area contributed by atoms with Crippen LogP contribution in [0, 0.1) is 11.8 Å². The Morgan fingerprint density at radius 3 is 2.48 bits per heavy atom. The first kappa shape index (κ1) is 29.6. The van der Waals surface area contributed by atoms with E-state index >= 15 is 0 Å². The SMILES string of the molecule is CC(C)C(=O)NC1=CC=CC(C2CCNCC2)=CC1.CCCCCc1c(-c2ccccc2)n(C)c2ccccc12. The Bertz CT molecular complexity index is 1340. The molecule has 40 heavy (non-hydrogen) atoms. The lowest BCUT2D eigenvalue weighted by atomic mass is 9.89. The van der Waals surface area contributed by atoms with Crippen LogP contribution < -0.4 is 10.6 Å². The number of rotatable bonds is 8. The van der Waals surface area contributed by atoms with Crippen LogP contribution >= 0.6 is 0 Å². The zero-order valence-corrected chi connectivity index (χ0v) is 24.9. The quantitative estimate of drug-likeness (QED) is 0.285. The van der Waals surface area contributed by atoms with Crippen molar-refractivity contribution in [2.24, 2.45) is 18.9 Å². The smallest absolute Gasteiger partial charge is 0.226 e. The van der Waals surface area contributed by atoms with Crippen LogP contribution in [-0.2, 0) is 18.3 Å². The van der Waals surface area contributed by atoms with Crippen molar-refractivity contribution >= 4 is 16.8 Å². The summed E-state index contributed by atoms with van der Waals surface area (Å²) in [6.07, 6.45) is 16.8. The number of aryl methyl sites for hydroxylation is 2. The van der Waals surface area contributed by atoms with Crippen LogP contribution in [0.5, 0.6) is 0 Å². The highest BCUT2D eigenvalue weighted by molar-refractivity contribution is 5.91. The number of unbranched alkanes of at least 4 members (excludes halogenated alkanes) is 2. The van der Waals surface area contributed by atoms with E-state index in [1.165, 1.54) is 71.8 Å². The molecule has 4 heteroatoms.